The second kappa shape index (κ2) is 19.9. The molecule has 58 heavy (non-hydrogen) atoms. The molecule has 0 bridgehead atoms. The smallest absolute Gasteiger partial charge is 0.408 e. The summed E-state index contributed by atoms with van der Waals surface area (Å²) in [6.07, 6.45) is 1.23. The Morgan fingerprint density at radius 1 is 0.897 bits per heavy atom. The van der Waals surface area contributed by atoms with Gasteiger partial charge >= 0.3 is 12.2 Å². The molecule has 0 radical (unpaired) electrons. The highest BCUT2D eigenvalue weighted by Crippen LogP contribution is 2.30. The van der Waals surface area contributed by atoms with Crippen molar-refractivity contribution >= 4 is 35.4 Å². The number of ether oxygens (including phenoxy) is 3. The molecule has 12 nitrogen and oxygen atoms in total. The molecule has 6 rings (SSSR count). The number of anilines is 1. The first-order valence-electron chi connectivity index (χ1n) is 20.5. The number of hydrogen-bond acceptors (Lipinski definition) is 9. The van der Waals surface area contributed by atoms with E-state index in [1.54, 1.807) is 12.1 Å². The Morgan fingerprint density at radius 2 is 1.62 bits per heavy atom. The van der Waals surface area contributed by atoms with Gasteiger partial charge in [0.05, 0.1) is 12.6 Å². The number of carbonyl (C=O) groups is 3. The first kappa shape index (κ1) is 43.0. The van der Waals surface area contributed by atoms with Gasteiger partial charge in [-0.25, -0.2) is 14.0 Å². The Labute approximate surface area is 346 Å². The molecule has 314 valence electrons. The summed E-state index contributed by atoms with van der Waals surface area (Å²) in [6.45, 7) is 14.2. The maximum absolute atomic E-state index is 14.8. The maximum Gasteiger partial charge on any atom is 0.408 e. The van der Waals surface area contributed by atoms with E-state index in [0.29, 0.717) is 68.8 Å². The van der Waals surface area contributed by atoms with E-state index in [-0.39, 0.29) is 30.3 Å². The number of alkyl carbamates (subject to hydrolysis) is 2. The van der Waals surface area contributed by atoms with Crippen molar-refractivity contribution in [3.05, 3.63) is 94.3 Å². The first-order chi connectivity index (χ1) is 27.8. The van der Waals surface area contributed by atoms with Gasteiger partial charge in [0, 0.05) is 68.6 Å². The number of piperidine rings is 1. The van der Waals surface area contributed by atoms with Gasteiger partial charge in [0.25, 0.3) is 0 Å². The van der Waals surface area contributed by atoms with Crippen LogP contribution in [0.25, 0.3) is 0 Å². The molecule has 3 aliphatic rings. The summed E-state index contributed by atoms with van der Waals surface area (Å²) in [6, 6.07) is 19.6. The highest BCUT2D eigenvalue weighted by Gasteiger charge is 2.37. The standard InChI is InChI=1S/C44H58ClFN6O6/c1-5-56-39-13-9-12-37(46)36(39)29-50-22-24-51(25-23-50)41(53)40(48-42(54)57-30-31-10-7-6-8-11-31)32-16-19-49(20-17-32)21-18-33-26-34(45)14-15-38(33)52-27-35(28-52)47-43(55)58-44(2,3)4/h6-15,26,32,35,40H,5,16-25,27-30H2,1-4H3,(H,47,55)(H,48,54)/t40-/m1/s1. The number of hydrogen-bond donors (Lipinski definition) is 2. The van der Waals surface area contributed by atoms with Crippen molar-refractivity contribution in [3.63, 3.8) is 0 Å². The minimum absolute atomic E-state index is 0.00823. The van der Waals surface area contributed by atoms with E-state index in [0.717, 1.165) is 55.7 Å². The third kappa shape index (κ3) is 12.0. The Hall–Kier alpha value is -4.59. The summed E-state index contributed by atoms with van der Waals surface area (Å²) < 4.78 is 31.5. The fourth-order valence-electron chi connectivity index (χ4n) is 7.89. The normalized spacial score (nSPS) is 17.6. The summed E-state index contributed by atoms with van der Waals surface area (Å²) in [5.41, 5.74) is 3.08. The molecule has 0 aliphatic carbocycles. The van der Waals surface area contributed by atoms with Crippen LogP contribution in [0.5, 0.6) is 5.75 Å². The average Bonchev–Trinajstić information content (AvgIpc) is 3.18. The minimum atomic E-state index is -0.735. The van der Waals surface area contributed by atoms with E-state index in [2.05, 4.69) is 25.3 Å². The van der Waals surface area contributed by atoms with Crippen LogP contribution in [0.1, 0.15) is 57.2 Å². The van der Waals surface area contributed by atoms with Crippen LogP contribution >= 0.6 is 11.6 Å². The van der Waals surface area contributed by atoms with Crippen LogP contribution in [-0.4, -0.2) is 116 Å². The summed E-state index contributed by atoms with van der Waals surface area (Å²) in [4.78, 5) is 48.4. The van der Waals surface area contributed by atoms with E-state index in [4.69, 9.17) is 25.8 Å². The maximum atomic E-state index is 14.8. The van der Waals surface area contributed by atoms with Crippen LogP contribution in [0.2, 0.25) is 5.02 Å². The summed E-state index contributed by atoms with van der Waals surface area (Å²) in [7, 11) is 0. The largest absolute Gasteiger partial charge is 0.493 e. The third-order valence-corrected chi connectivity index (χ3v) is 11.2. The van der Waals surface area contributed by atoms with Gasteiger partial charge in [0.2, 0.25) is 5.91 Å². The predicted octanol–water partition coefficient (Wildman–Crippen LogP) is 6.49. The fourth-order valence-corrected chi connectivity index (χ4v) is 8.09. The number of amides is 3. The van der Waals surface area contributed by atoms with Crippen LogP contribution in [-0.2, 0) is 33.8 Å². The number of rotatable bonds is 14. The number of nitrogens with one attached hydrogen (secondary N) is 2. The van der Waals surface area contributed by atoms with Gasteiger partial charge in [-0.2, -0.15) is 0 Å². The molecule has 3 fully saturated rings. The van der Waals surface area contributed by atoms with Crippen LogP contribution in [0.15, 0.2) is 66.7 Å². The topological polar surface area (TPSA) is 116 Å². The van der Waals surface area contributed by atoms with E-state index in [1.165, 1.54) is 6.07 Å². The lowest BCUT2D eigenvalue weighted by Crippen LogP contribution is -2.60. The highest BCUT2D eigenvalue weighted by molar-refractivity contribution is 6.30. The van der Waals surface area contributed by atoms with Gasteiger partial charge in [0.1, 0.15) is 29.8 Å². The van der Waals surface area contributed by atoms with Gasteiger partial charge in [-0.1, -0.05) is 48.0 Å². The van der Waals surface area contributed by atoms with Crippen molar-refractivity contribution in [2.75, 3.05) is 70.4 Å². The molecule has 14 heteroatoms. The zero-order valence-electron chi connectivity index (χ0n) is 34.2. The summed E-state index contributed by atoms with van der Waals surface area (Å²) in [5, 5.41) is 6.60. The van der Waals surface area contributed by atoms with Crippen LogP contribution in [0.4, 0.5) is 19.7 Å². The van der Waals surface area contributed by atoms with Crippen molar-refractivity contribution in [1.82, 2.24) is 25.3 Å². The minimum Gasteiger partial charge on any atom is -0.493 e. The fraction of sp³-hybridized carbons (Fsp3) is 0.523. The van der Waals surface area contributed by atoms with Gasteiger partial charge in [-0.3, -0.25) is 9.69 Å². The van der Waals surface area contributed by atoms with Crippen molar-refractivity contribution in [2.45, 2.75) is 77.8 Å². The van der Waals surface area contributed by atoms with Gasteiger partial charge in [-0.05, 0) is 107 Å². The molecule has 1 atom stereocenters. The van der Waals surface area contributed by atoms with Crippen molar-refractivity contribution in [1.29, 1.82) is 0 Å². The highest BCUT2D eigenvalue weighted by atomic mass is 35.5. The number of halogens is 2. The van der Waals surface area contributed by atoms with Gasteiger partial charge in [-0.15, -0.1) is 0 Å². The molecule has 0 aromatic heterocycles. The molecule has 2 N–H and O–H groups in total. The second-order valence-electron chi connectivity index (χ2n) is 16.4. The molecule has 0 saturated carbocycles. The predicted molar refractivity (Wildman–Crippen MR) is 223 cm³/mol. The van der Waals surface area contributed by atoms with Crippen LogP contribution in [0, 0.1) is 11.7 Å². The molecule has 3 aliphatic heterocycles. The Balaban J connectivity index is 1.04. The lowest BCUT2D eigenvalue weighted by atomic mass is 9.88. The molecule has 3 saturated heterocycles. The number of likely N-dealkylation sites (tertiary alicyclic amines) is 1. The van der Waals surface area contributed by atoms with Crippen molar-refractivity contribution < 1.29 is 33.0 Å². The van der Waals surface area contributed by atoms with E-state index < -0.39 is 23.8 Å². The molecule has 3 aromatic carbocycles. The summed E-state index contributed by atoms with van der Waals surface area (Å²) in [5.74, 6) is 0.0438. The molecule has 0 spiro atoms. The number of carbonyl (C=O) groups excluding carboxylic acids is 3. The first-order valence-corrected chi connectivity index (χ1v) is 20.9. The Morgan fingerprint density at radius 3 is 2.31 bits per heavy atom. The number of benzene rings is 3. The van der Waals surface area contributed by atoms with Crippen LogP contribution < -0.4 is 20.3 Å². The Kier molecular flexibility index (Phi) is 14.8. The SMILES string of the molecule is CCOc1cccc(F)c1CN1CCN(C(=O)[C@H](NC(=O)OCc2ccccc2)C2CCN(CCc3cc(Cl)ccc3N3CC(NC(=O)OC(C)(C)C)C3)CC2)CC1. The average molecular weight is 821 g/mol. The number of piperazine rings is 1. The third-order valence-electron chi connectivity index (χ3n) is 11.0. The van der Waals surface area contributed by atoms with Gasteiger partial charge in [0.15, 0.2) is 0 Å². The number of nitrogens with zero attached hydrogens (tertiary/aromatic N) is 4. The lowest BCUT2D eigenvalue weighted by molar-refractivity contribution is -0.137. The zero-order valence-corrected chi connectivity index (χ0v) is 34.9. The van der Waals surface area contributed by atoms with Crippen LogP contribution in [0.3, 0.4) is 0 Å². The molecular weight excluding hydrogens is 763 g/mol. The van der Waals surface area contributed by atoms with E-state index >= 15 is 0 Å². The molecule has 3 aromatic rings. The van der Waals surface area contributed by atoms with Crippen molar-refractivity contribution in [3.8, 4) is 5.75 Å². The quantitative estimate of drug-likeness (QED) is 0.189. The molecular formula is C44H58ClFN6O6. The summed E-state index contributed by atoms with van der Waals surface area (Å²) >= 11 is 6.47. The molecule has 0 unspecified atom stereocenters. The van der Waals surface area contributed by atoms with E-state index in [1.807, 2.05) is 81.1 Å². The second-order valence-corrected chi connectivity index (χ2v) is 16.8. The van der Waals surface area contributed by atoms with Crippen molar-refractivity contribution in [2.24, 2.45) is 5.92 Å². The molecule has 3 heterocycles. The van der Waals surface area contributed by atoms with E-state index in [9.17, 15) is 18.8 Å². The lowest BCUT2D eigenvalue weighted by Gasteiger charge is -2.42. The Bertz CT molecular complexity index is 1840. The molecule has 3 amide bonds. The zero-order chi connectivity index (χ0) is 41.2. The monoisotopic (exact) mass is 820 g/mol. The van der Waals surface area contributed by atoms with Gasteiger partial charge < -0.3 is 39.5 Å².